The molecule has 3 N–H and O–H groups in total. The number of aliphatic hydroxyl groups is 1. The zero-order valence-corrected chi connectivity index (χ0v) is 11.2. The van der Waals surface area contributed by atoms with Gasteiger partial charge in [-0.25, -0.2) is 4.79 Å². The Bertz CT molecular complexity index is 277. The minimum Gasteiger partial charge on any atom is -0.396 e. The predicted octanol–water partition coefficient (Wildman–Crippen LogP) is 1.01. The van der Waals surface area contributed by atoms with Crippen molar-refractivity contribution in [1.82, 2.24) is 10.6 Å². The zero-order chi connectivity index (χ0) is 13.1. The second-order valence-corrected chi connectivity index (χ2v) is 5.70. The van der Waals surface area contributed by atoms with E-state index in [-0.39, 0.29) is 29.9 Å². The van der Waals surface area contributed by atoms with E-state index in [0.717, 1.165) is 6.42 Å². The summed E-state index contributed by atoms with van der Waals surface area (Å²) >= 11 is 0. The Morgan fingerprint density at radius 3 is 2.53 bits per heavy atom. The Balaban J connectivity index is 2.43. The minimum absolute atomic E-state index is 0.00614. The number of carbonyl (C=O) groups is 1. The summed E-state index contributed by atoms with van der Waals surface area (Å²) in [5.41, 5.74) is -0.551. The largest absolute Gasteiger partial charge is 0.396 e. The quantitative estimate of drug-likeness (QED) is 0.646. The van der Waals surface area contributed by atoms with Crippen molar-refractivity contribution in [1.29, 1.82) is 0 Å². The van der Waals surface area contributed by atoms with E-state index >= 15 is 0 Å². The van der Waals surface area contributed by atoms with Crippen LogP contribution >= 0.6 is 0 Å². The van der Waals surface area contributed by atoms with Gasteiger partial charge in [0.25, 0.3) is 0 Å². The maximum absolute atomic E-state index is 11.6. The number of hydrogen-bond donors (Lipinski definition) is 3. The molecule has 0 aliphatic carbocycles. The number of rotatable bonds is 4. The maximum atomic E-state index is 11.6. The molecule has 0 radical (unpaired) electrons. The summed E-state index contributed by atoms with van der Waals surface area (Å²) < 4.78 is 5.89. The molecule has 0 bridgehead atoms. The summed E-state index contributed by atoms with van der Waals surface area (Å²) in [5, 5.41) is 14.3. The Hall–Kier alpha value is -0.810. The van der Waals surface area contributed by atoms with Crippen molar-refractivity contribution in [2.45, 2.75) is 57.8 Å². The van der Waals surface area contributed by atoms with Gasteiger partial charge in [-0.15, -0.1) is 0 Å². The van der Waals surface area contributed by atoms with Crippen molar-refractivity contribution in [3.63, 3.8) is 0 Å². The van der Waals surface area contributed by atoms with Crippen molar-refractivity contribution >= 4 is 6.03 Å². The van der Waals surface area contributed by atoms with Gasteiger partial charge in [0.1, 0.15) is 0 Å². The lowest BCUT2D eigenvalue weighted by molar-refractivity contribution is -0.0690. The number of aliphatic hydroxyl groups excluding tert-OH is 1. The first-order chi connectivity index (χ1) is 7.77. The number of ether oxygens (including phenoxy) is 1. The number of carbonyl (C=O) groups excluding carboxylic acids is 1. The number of amides is 2. The summed E-state index contributed by atoms with van der Waals surface area (Å²) in [7, 11) is 0. The fraction of sp³-hybridized carbons (Fsp3) is 0.917. The molecule has 0 aromatic heterocycles. The standard InChI is InChI=1S/C12H24N2O3/c1-11(2)8-9(12(3,4)17-11)14-10(16)13-6-5-7-15/h9,15H,5-8H2,1-4H3,(H2,13,14,16). The molecule has 1 unspecified atom stereocenters. The first-order valence-corrected chi connectivity index (χ1v) is 6.12. The lowest BCUT2D eigenvalue weighted by atomic mass is 9.95. The smallest absolute Gasteiger partial charge is 0.315 e. The van der Waals surface area contributed by atoms with E-state index in [1.165, 1.54) is 0 Å². The van der Waals surface area contributed by atoms with Crippen LogP contribution in [0.1, 0.15) is 40.5 Å². The van der Waals surface area contributed by atoms with Gasteiger partial charge in [0.2, 0.25) is 0 Å². The monoisotopic (exact) mass is 244 g/mol. The van der Waals surface area contributed by atoms with Crippen molar-refractivity contribution in [2.24, 2.45) is 0 Å². The fourth-order valence-corrected chi connectivity index (χ4v) is 2.28. The van der Waals surface area contributed by atoms with Gasteiger partial charge in [-0.3, -0.25) is 0 Å². The average Bonchev–Trinajstić information content (AvgIpc) is 2.34. The lowest BCUT2D eigenvalue weighted by Crippen LogP contribution is -2.49. The Morgan fingerprint density at radius 1 is 1.41 bits per heavy atom. The van der Waals surface area contributed by atoms with E-state index < -0.39 is 0 Å². The van der Waals surface area contributed by atoms with E-state index in [1.54, 1.807) is 0 Å². The van der Waals surface area contributed by atoms with Crippen LogP contribution in [0.2, 0.25) is 0 Å². The molecule has 1 aliphatic heterocycles. The highest BCUT2D eigenvalue weighted by atomic mass is 16.5. The average molecular weight is 244 g/mol. The van der Waals surface area contributed by atoms with Crippen molar-refractivity contribution < 1.29 is 14.6 Å². The van der Waals surface area contributed by atoms with Crippen LogP contribution in [0.5, 0.6) is 0 Å². The van der Waals surface area contributed by atoms with Gasteiger partial charge in [0, 0.05) is 13.2 Å². The van der Waals surface area contributed by atoms with Gasteiger partial charge in [0.05, 0.1) is 17.2 Å². The number of hydrogen-bond acceptors (Lipinski definition) is 3. The molecule has 100 valence electrons. The van der Waals surface area contributed by atoms with Crippen LogP contribution in [-0.4, -0.2) is 41.5 Å². The normalized spacial score (nSPS) is 25.6. The molecular weight excluding hydrogens is 220 g/mol. The van der Waals surface area contributed by atoms with Crippen LogP contribution in [0.4, 0.5) is 4.79 Å². The fourth-order valence-electron chi connectivity index (χ4n) is 2.28. The number of urea groups is 1. The van der Waals surface area contributed by atoms with Crippen LogP contribution in [0.25, 0.3) is 0 Å². The highest BCUT2D eigenvalue weighted by molar-refractivity contribution is 5.74. The second-order valence-electron chi connectivity index (χ2n) is 5.70. The second kappa shape index (κ2) is 5.23. The van der Waals surface area contributed by atoms with Gasteiger partial charge < -0.3 is 20.5 Å². The minimum atomic E-state index is -0.349. The Kier molecular flexibility index (Phi) is 4.38. The molecule has 5 heteroatoms. The van der Waals surface area contributed by atoms with Crippen molar-refractivity contribution in [2.75, 3.05) is 13.2 Å². The molecule has 0 aromatic rings. The molecule has 0 spiro atoms. The summed E-state index contributed by atoms with van der Waals surface area (Å²) in [6, 6.07) is -0.190. The third-order valence-electron chi connectivity index (χ3n) is 3.00. The molecule has 2 amide bonds. The molecule has 0 aromatic carbocycles. The molecule has 1 saturated heterocycles. The van der Waals surface area contributed by atoms with Crippen LogP contribution in [0.3, 0.4) is 0 Å². The molecule has 1 rings (SSSR count). The van der Waals surface area contributed by atoms with E-state index in [4.69, 9.17) is 9.84 Å². The third-order valence-corrected chi connectivity index (χ3v) is 3.00. The molecule has 0 saturated carbocycles. The van der Waals surface area contributed by atoms with E-state index in [9.17, 15) is 4.79 Å². The van der Waals surface area contributed by atoms with Gasteiger partial charge >= 0.3 is 6.03 Å². The lowest BCUT2D eigenvalue weighted by Gasteiger charge is -2.27. The molecule has 5 nitrogen and oxygen atoms in total. The predicted molar refractivity (Wildman–Crippen MR) is 65.9 cm³/mol. The Labute approximate surface area is 103 Å². The van der Waals surface area contributed by atoms with Gasteiger partial charge in [-0.1, -0.05) is 0 Å². The molecule has 1 fully saturated rings. The molecule has 1 heterocycles. The Morgan fingerprint density at radius 2 is 2.06 bits per heavy atom. The summed E-state index contributed by atoms with van der Waals surface area (Å²) in [6.07, 6.45) is 1.37. The third kappa shape index (κ3) is 4.16. The number of nitrogens with one attached hydrogen (secondary N) is 2. The summed E-state index contributed by atoms with van der Waals surface area (Å²) in [5.74, 6) is 0. The van der Waals surface area contributed by atoms with Crippen LogP contribution in [0, 0.1) is 0 Å². The first kappa shape index (κ1) is 14.3. The highest BCUT2D eigenvalue weighted by Crippen LogP contribution is 2.37. The first-order valence-electron chi connectivity index (χ1n) is 6.12. The molecule has 1 aliphatic rings. The van der Waals surface area contributed by atoms with Crippen LogP contribution < -0.4 is 10.6 Å². The summed E-state index contributed by atoms with van der Waals surface area (Å²) in [4.78, 5) is 11.6. The molecule has 17 heavy (non-hydrogen) atoms. The molecular formula is C12H24N2O3. The zero-order valence-electron chi connectivity index (χ0n) is 11.2. The molecule has 1 atom stereocenters. The topological polar surface area (TPSA) is 70.6 Å². The van der Waals surface area contributed by atoms with Crippen LogP contribution in [-0.2, 0) is 4.74 Å². The van der Waals surface area contributed by atoms with Gasteiger partial charge in [0.15, 0.2) is 0 Å². The van der Waals surface area contributed by atoms with Crippen LogP contribution in [0.15, 0.2) is 0 Å². The van der Waals surface area contributed by atoms with E-state index in [2.05, 4.69) is 10.6 Å². The van der Waals surface area contributed by atoms with Crippen molar-refractivity contribution in [3.8, 4) is 0 Å². The highest BCUT2D eigenvalue weighted by Gasteiger charge is 2.46. The van der Waals surface area contributed by atoms with Crippen molar-refractivity contribution in [3.05, 3.63) is 0 Å². The maximum Gasteiger partial charge on any atom is 0.315 e. The van der Waals surface area contributed by atoms with E-state index in [1.807, 2.05) is 27.7 Å². The van der Waals surface area contributed by atoms with Gasteiger partial charge in [-0.05, 0) is 40.5 Å². The van der Waals surface area contributed by atoms with Gasteiger partial charge in [-0.2, -0.15) is 0 Å². The van der Waals surface area contributed by atoms with E-state index in [0.29, 0.717) is 13.0 Å². The summed E-state index contributed by atoms with van der Waals surface area (Å²) in [6.45, 7) is 8.60. The SMILES string of the molecule is CC1(C)CC(NC(=O)NCCCO)C(C)(C)O1.